The first-order valence-corrected chi connectivity index (χ1v) is 16.4. The number of hydroxylamine groups is 2. The van der Waals surface area contributed by atoms with Gasteiger partial charge < -0.3 is 28.5 Å². The van der Waals surface area contributed by atoms with Crippen LogP contribution in [-0.4, -0.2) is 56.8 Å². The number of hydrogen-bond acceptors (Lipinski definition) is 8. The average molecular weight is 642 g/mol. The van der Waals surface area contributed by atoms with Crippen LogP contribution in [0.5, 0.6) is 17.2 Å². The van der Waals surface area contributed by atoms with E-state index in [1.165, 1.54) is 5.56 Å². The van der Waals surface area contributed by atoms with Gasteiger partial charge in [0.15, 0.2) is 0 Å². The van der Waals surface area contributed by atoms with E-state index >= 15 is 0 Å². The minimum atomic E-state index is -0.721. The third kappa shape index (κ3) is 9.40. The number of nitrogens with zero attached hydrogens (tertiary/aromatic N) is 1. The first kappa shape index (κ1) is 34.1. The van der Waals surface area contributed by atoms with E-state index in [1.54, 1.807) is 19.3 Å². The molecule has 0 radical (unpaired) electrons. The number of piperidine rings is 1. The molecule has 5 rings (SSSR count). The highest BCUT2D eigenvalue weighted by atomic mass is 16.8. The predicted molar refractivity (Wildman–Crippen MR) is 183 cm³/mol. The molecule has 1 aliphatic rings. The van der Waals surface area contributed by atoms with Crippen molar-refractivity contribution in [2.45, 2.75) is 70.7 Å². The number of benzene rings is 4. The molecule has 47 heavy (non-hydrogen) atoms. The molecule has 0 bridgehead atoms. The highest BCUT2D eigenvalue weighted by Crippen LogP contribution is 2.38. The molecular formula is C39H47NO7. The predicted octanol–water partition coefficient (Wildman–Crippen LogP) is 8.50. The second-order valence-electron chi connectivity index (χ2n) is 12.9. The summed E-state index contributed by atoms with van der Waals surface area (Å²) >= 11 is 0. The van der Waals surface area contributed by atoms with Gasteiger partial charge in [-0.05, 0) is 75.8 Å². The van der Waals surface area contributed by atoms with Gasteiger partial charge in [0.1, 0.15) is 22.8 Å². The van der Waals surface area contributed by atoms with Crippen molar-refractivity contribution < 1.29 is 33.3 Å². The molecule has 2 unspecified atom stereocenters. The van der Waals surface area contributed by atoms with Crippen molar-refractivity contribution in [3.63, 3.8) is 0 Å². The van der Waals surface area contributed by atoms with Gasteiger partial charge in [-0.15, -0.1) is 5.06 Å². The Bertz CT molecular complexity index is 1580. The monoisotopic (exact) mass is 641 g/mol. The van der Waals surface area contributed by atoms with E-state index in [0.717, 1.165) is 64.8 Å². The van der Waals surface area contributed by atoms with Gasteiger partial charge in [0.2, 0.25) is 0 Å². The molecule has 2 atom stereocenters. The first-order valence-electron chi connectivity index (χ1n) is 16.4. The Hall–Kier alpha value is -4.27. The number of aryl methyl sites for hydroxylation is 1. The van der Waals surface area contributed by atoms with Crippen molar-refractivity contribution in [1.82, 2.24) is 5.06 Å². The van der Waals surface area contributed by atoms with E-state index in [2.05, 4.69) is 36.4 Å². The third-order valence-electron chi connectivity index (χ3n) is 8.31. The molecule has 0 aliphatic carbocycles. The third-order valence-corrected chi connectivity index (χ3v) is 8.31. The molecule has 1 saturated heterocycles. The molecule has 1 fully saturated rings. The van der Waals surface area contributed by atoms with Crippen LogP contribution in [0.4, 0.5) is 4.79 Å². The van der Waals surface area contributed by atoms with Gasteiger partial charge in [-0.1, -0.05) is 66.7 Å². The summed E-state index contributed by atoms with van der Waals surface area (Å²) in [6.07, 6.45) is 2.85. The Morgan fingerprint density at radius 1 is 0.872 bits per heavy atom. The zero-order valence-electron chi connectivity index (χ0n) is 28.2. The van der Waals surface area contributed by atoms with Crippen molar-refractivity contribution in [1.29, 1.82) is 0 Å². The smallest absolute Gasteiger partial charge is 0.496 e. The molecule has 0 spiro atoms. The molecule has 0 aromatic heterocycles. The largest absolute Gasteiger partial charge is 0.528 e. The number of ether oxygens (including phenoxy) is 5. The van der Waals surface area contributed by atoms with E-state index in [-0.39, 0.29) is 18.6 Å². The summed E-state index contributed by atoms with van der Waals surface area (Å²) in [5, 5.41) is 3.57. The lowest BCUT2D eigenvalue weighted by molar-refractivity contribution is -0.179. The maximum Gasteiger partial charge on any atom is 0.528 e. The fourth-order valence-electron chi connectivity index (χ4n) is 6.06. The summed E-state index contributed by atoms with van der Waals surface area (Å²) in [4.78, 5) is 18.1. The topological polar surface area (TPSA) is 75.7 Å². The average Bonchev–Trinajstić information content (AvgIpc) is 3.06. The van der Waals surface area contributed by atoms with Crippen LogP contribution in [-0.2, 0) is 27.3 Å². The number of methoxy groups -OCH3 is 2. The Kier molecular flexibility index (Phi) is 11.6. The van der Waals surface area contributed by atoms with E-state index in [4.69, 9.17) is 28.5 Å². The molecule has 8 heteroatoms. The summed E-state index contributed by atoms with van der Waals surface area (Å²) in [6, 6.07) is 28.8. The fourth-order valence-corrected chi connectivity index (χ4v) is 6.06. The van der Waals surface area contributed by atoms with Crippen LogP contribution in [0.3, 0.4) is 0 Å². The standard InChI is InChI=1S/C39H47NO7/c1-39(2,3)46-38(41)47-40-23-22-32(29-18-20-31(21-19-29)44-24-12-11-15-28-13-7-6-8-14-28)36(26-40)45-27-30-25-35(42-4)33-16-9-10-17-34(33)37(30)43-5/h6-10,13-14,16-21,25,32,36H,11-12,15,22-24,26-27H2,1-5H3. The number of hydrogen-bond donors (Lipinski definition) is 0. The maximum atomic E-state index is 12.5. The summed E-state index contributed by atoms with van der Waals surface area (Å²) < 4.78 is 29.7. The van der Waals surface area contributed by atoms with Crippen LogP contribution < -0.4 is 14.2 Å². The first-order chi connectivity index (χ1) is 22.7. The number of carbonyl (C=O) groups is 1. The Morgan fingerprint density at radius 3 is 2.30 bits per heavy atom. The van der Waals surface area contributed by atoms with Gasteiger partial charge in [-0.3, -0.25) is 0 Å². The van der Waals surface area contributed by atoms with Crippen molar-refractivity contribution >= 4 is 16.9 Å². The quantitative estimate of drug-likeness (QED) is 0.106. The lowest BCUT2D eigenvalue weighted by Gasteiger charge is -2.37. The summed E-state index contributed by atoms with van der Waals surface area (Å²) in [5.41, 5.74) is 2.73. The molecule has 1 aliphatic heterocycles. The Balaban J connectivity index is 1.27. The molecule has 0 saturated carbocycles. The Morgan fingerprint density at radius 2 is 1.60 bits per heavy atom. The second-order valence-corrected chi connectivity index (χ2v) is 12.9. The fraction of sp³-hybridized carbons (Fsp3) is 0.410. The lowest BCUT2D eigenvalue weighted by atomic mass is 9.87. The van der Waals surface area contributed by atoms with Crippen molar-refractivity contribution in [2.24, 2.45) is 0 Å². The van der Waals surface area contributed by atoms with E-state index in [0.29, 0.717) is 19.7 Å². The van der Waals surface area contributed by atoms with Crippen LogP contribution in [0.25, 0.3) is 10.8 Å². The summed E-state index contributed by atoms with van der Waals surface area (Å²) in [5.74, 6) is 2.43. The van der Waals surface area contributed by atoms with E-state index < -0.39 is 11.8 Å². The molecule has 8 nitrogen and oxygen atoms in total. The highest BCUT2D eigenvalue weighted by Gasteiger charge is 2.34. The number of fused-ring (bicyclic) bond motifs is 1. The molecular weight excluding hydrogens is 594 g/mol. The lowest BCUT2D eigenvalue weighted by Crippen LogP contribution is -2.45. The summed E-state index contributed by atoms with van der Waals surface area (Å²) in [7, 11) is 3.34. The van der Waals surface area contributed by atoms with Gasteiger partial charge in [0.25, 0.3) is 0 Å². The maximum absolute atomic E-state index is 12.5. The van der Waals surface area contributed by atoms with Crippen LogP contribution >= 0.6 is 0 Å². The van der Waals surface area contributed by atoms with Crippen LogP contribution in [0, 0.1) is 0 Å². The molecule has 0 N–H and O–H groups in total. The molecule has 1 heterocycles. The number of carbonyl (C=O) groups excluding carboxylic acids is 1. The van der Waals surface area contributed by atoms with Gasteiger partial charge >= 0.3 is 6.16 Å². The van der Waals surface area contributed by atoms with Crippen molar-refractivity contribution in [2.75, 3.05) is 33.9 Å². The van der Waals surface area contributed by atoms with Crippen molar-refractivity contribution in [3.8, 4) is 17.2 Å². The SMILES string of the molecule is COc1cc(COC2CN(OC(=O)OC(C)(C)C)CCC2c2ccc(OCCCCc3ccccc3)cc2)c(OC)c2ccccc12. The van der Waals surface area contributed by atoms with Gasteiger partial charge in [-0.2, -0.15) is 0 Å². The van der Waals surface area contributed by atoms with E-state index in [9.17, 15) is 4.79 Å². The van der Waals surface area contributed by atoms with Crippen LogP contribution in [0.2, 0.25) is 0 Å². The molecule has 4 aromatic rings. The second kappa shape index (κ2) is 16.0. The zero-order valence-corrected chi connectivity index (χ0v) is 28.2. The van der Waals surface area contributed by atoms with Gasteiger partial charge in [-0.25, -0.2) is 4.79 Å². The summed E-state index contributed by atoms with van der Waals surface area (Å²) in [6.45, 7) is 7.35. The van der Waals surface area contributed by atoms with Crippen LogP contribution in [0.15, 0.2) is 84.9 Å². The molecule has 4 aromatic carbocycles. The highest BCUT2D eigenvalue weighted by molar-refractivity contribution is 5.94. The Labute approximate surface area is 278 Å². The minimum Gasteiger partial charge on any atom is -0.496 e. The normalized spacial score (nSPS) is 16.9. The number of rotatable bonds is 13. The number of unbranched alkanes of at least 4 members (excludes halogenated alkanes) is 1. The minimum absolute atomic E-state index is 0.0711. The van der Waals surface area contributed by atoms with Crippen molar-refractivity contribution in [3.05, 3.63) is 102 Å². The van der Waals surface area contributed by atoms with Gasteiger partial charge in [0, 0.05) is 28.8 Å². The molecule has 0 amide bonds. The zero-order chi connectivity index (χ0) is 33.2. The molecule has 250 valence electrons. The van der Waals surface area contributed by atoms with Crippen LogP contribution in [0.1, 0.15) is 62.6 Å². The van der Waals surface area contributed by atoms with E-state index in [1.807, 2.05) is 69.3 Å². The van der Waals surface area contributed by atoms with Gasteiger partial charge in [0.05, 0.1) is 40.1 Å².